The van der Waals surface area contributed by atoms with E-state index < -0.39 is 17.2 Å². The van der Waals surface area contributed by atoms with Crippen molar-refractivity contribution in [2.24, 2.45) is 0 Å². The van der Waals surface area contributed by atoms with Crippen LogP contribution in [0.4, 0.5) is 14.5 Å². The summed E-state index contributed by atoms with van der Waals surface area (Å²) in [7, 11) is 3.26. The van der Waals surface area contributed by atoms with E-state index in [4.69, 9.17) is 0 Å². The van der Waals surface area contributed by atoms with Gasteiger partial charge < -0.3 is 10.0 Å². The summed E-state index contributed by atoms with van der Waals surface area (Å²) in [5, 5.41) is 9.90. The van der Waals surface area contributed by atoms with E-state index in [0.717, 1.165) is 12.1 Å². The second-order valence-electron chi connectivity index (χ2n) is 4.18. The van der Waals surface area contributed by atoms with Gasteiger partial charge in [-0.25, -0.2) is 8.78 Å². The van der Waals surface area contributed by atoms with Crippen molar-refractivity contribution in [3.8, 4) is 0 Å². The van der Waals surface area contributed by atoms with E-state index in [2.05, 4.69) is 0 Å². The Kier molecular flexibility index (Phi) is 2.19. The molecule has 82 valence electrons. The average Bonchev–Trinajstić information content (AvgIpc) is 2.88. The first-order chi connectivity index (χ1) is 6.96. The molecule has 15 heavy (non-hydrogen) atoms. The maximum Gasteiger partial charge on any atom is 0.147 e. The van der Waals surface area contributed by atoms with Gasteiger partial charge in [0.05, 0.1) is 11.3 Å². The molecule has 0 saturated heterocycles. The van der Waals surface area contributed by atoms with E-state index in [9.17, 15) is 13.9 Å². The Bertz CT molecular complexity index is 400. The first kappa shape index (κ1) is 10.4. The number of hydrogen-bond donors (Lipinski definition) is 1. The highest BCUT2D eigenvalue weighted by molar-refractivity contribution is 5.58. The van der Waals surface area contributed by atoms with Crippen molar-refractivity contribution in [1.29, 1.82) is 0 Å². The molecule has 0 amide bonds. The number of rotatable bonds is 2. The molecule has 1 N–H and O–H groups in total. The van der Waals surface area contributed by atoms with Crippen molar-refractivity contribution in [2.45, 2.75) is 18.4 Å². The van der Waals surface area contributed by atoms with Crippen molar-refractivity contribution in [2.75, 3.05) is 19.0 Å². The molecule has 1 saturated carbocycles. The molecule has 1 aliphatic rings. The normalized spacial score (nSPS) is 17.7. The van der Waals surface area contributed by atoms with Gasteiger partial charge in [0.25, 0.3) is 0 Å². The maximum absolute atomic E-state index is 13.6. The van der Waals surface area contributed by atoms with Crippen LogP contribution in [-0.4, -0.2) is 19.2 Å². The van der Waals surface area contributed by atoms with Gasteiger partial charge in [-0.15, -0.1) is 0 Å². The van der Waals surface area contributed by atoms with Crippen LogP contribution in [0.25, 0.3) is 0 Å². The molecule has 0 unspecified atom stereocenters. The molecular formula is C11H13F2NO. The second kappa shape index (κ2) is 3.17. The fourth-order valence-electron chi connectivity index (χ4n) is 1.79. The molecule has 2 rings (SSSR count). The largest absolute Gasteiger partial charge is 0.385 e. The van der Waals surface area contributed by atoms with Crippen LogP contribution in [-0.2, 0) is 5.60 Å². The number of nitrogens with zero attached hydrogens (tertiary/aromatic N) is 1. The van der Waals surface area contributed by atoms with E-state index in [1.165, 1.54) is 4.90 Å². The van der Waals surface area contributed by atoms with Gasteiger partial charge in [0.2, 0.25) is 0 Å². The summed E-state index contributed by atoms with van der Waals surface area (Å²) < 4.78 is 27.1. The van der Waals surface area contributed by atoms with Gasteiger partial charge in [-0.2, -0.15) is 0 Å². The smallest absolute Gasteiger partial charge is 0.147 e. The minimum atomic E-state index is -1.16. The summed E-state index contributed by atoms with van der Waals surface area (Å²) in [6, 6.07) is 2.15. The molecule has 0 atom stereocenters. The van der Waals surface area contributed by atoms with E-state index >= 15 is 0 Å². The Balaban J connectivity index is 2.64. The summed E-state index contributed by atoms with van der Waals surface area (Å²) in [5.41, 5.74) is -0.922. The Labute approximate surface area is 87.1 Å². The summed E-state index contributed by atoms with van der Waals surface area (Å²) in [6.07, 6.45) is 0.989. The van der Waals surface area contributed by atoms with Crippen molar-refractivity contribution >= 4 is 5.69 Å². The second-order valence-corrected chi connectivity index (χ2v) is 4.18. The quantitative estimate of drug-likeness (QED) is 0.812. The third-order valence-electron chi connectivity index (χ3n) is 2.71. The van der Waals surface area contributed by atoms with Gasteiger partial charge in [0.1, 0.15) is 11.6 Å². The number of halogens is 2. The van der Waals surface area contributed by atoms with Crippen LogP contribution in [0.15, 0.2) is 12.1 Å². The first-order valence-corrected chi connectivity index (χ1v) is 4.84. The highest BCUT2D eigenvalue weighted by atomic mass is 19.1. The molecule has 0 spiro atoms. The fourth-order valence-corrected chi connectivity index (χ4v) is 1.79. The number of aliphatic hydroxyl groups is 1. The van der Waals surface area contributed by atoms with Gasteiger partial charge in [0, 0.05) is 19.7 Å². The van der Waals surface area contributed by atoms with Crippen LogP contribution in [0.2, 0.25) is 0 Å². The highest BCUT2D eigenvalue weighted by Gasteiger charge is 2.46. The van der Waals surface area contributed by atoms with Crippen LogP contribution in [0, 0.1) is 11.6 Å². The van der Waals surface area contributed by atoms with Crippen molar-refractivity contribution in [3.63, 3.8) is 0 Å². The minimum Gasteiger partial charge on any atom is -0.385 e. The van der Waals surface area contributed by atoms with E-state index in [0.29, 0.717) is 12.8 Å². The minimum absolute atomic E-state index is 0.0903. The standard InChI is InChI=1S/C11H13F2NO/c1-14(2)10-8(13)4-3-7(12)9(10)11(15)5-6-11/h3-4,15H,5-6H2,1-2H3. The Morgan fingerprint density at radius 3 is 2.20 bits per heavy atom. The van der Waals surface area contributed by atoms with E-state index in [1.54, 1.807) is 14.1 Å². The molecule has 2 nitrogen and oxygen atoms in total. The lowest BCUT2D eigenvalue weighted by atomic mass is 10.0. The van der Waals surface area contributed by atoms with Crippen LogP contribution in [0.1, 0.15) is 18.4 Å². The molecule has 0 aliphatic heterocycles. The maximum atomic E-state index is 13.6. The SMILES string of the molecule is CN(C)c1c(F)ccc(F)c1C1(O)CC1. The lowest BCUT2D eigenvalue weighted by Crippen LogP contribution is -2.19. The molecule has 1 fully saturated rings. The Morgan fingerprint density at radius 1 is 1.20 bits per heavy atom. The van der Waals surface area contributed by atoms with E-state index in [-0.39, 0.29) is 11.3 Å². The topological polar surface area (TPSA) is 23.5 Å². The summed E-state index contributed by atoms with van der Waals surface area (Å²) in [4.78, 5) is 1.49. The predicted molar refractivity (Wildman–Crippen MR) is 53.8 cm³/mol. The zero-order chi connectivity index (χ0) is 11.2. The van der Waals surface area contributed by atoms with Crippen molar-refractivity contribution in [1.82, 2.24) is 0 Å². The molecular weight excluding hydrogens is 200 g/mol. The van der Waals surface area contributed by atoms with Gasteiger partial charge in [0.15, 0.2) is 0 Å². The lowest BCUT2D eigenvalue weighted by Gasteiger charge is -2.21. The molecule has 1 aliphatic carbocycles. The lowest BCUT2D eigenvalue weighted by molar-refractivity contribution is 0.147. The molecule has 0 radical (unpaired) electrons. The molecule has 0 bridgehead atoms. The molecule has 1 aromatic rings. The Morgan fingerprint density at radius 2 is 1.73 bits per heavy atom. The van der Waals surface area contributed by atoms with Gasteiger partial charge >= 0.3 is 0 Å². The molecule has 4 heteroatoms. The zero-order valence-corrected chi connectivity index (χ0v) is 8.72. The summed E-state index contributed by atoms with van der Waals surface area (Å²) in [6.45, 7) is 0. The highest BCUT2D eigenvalue weighted by Crippen LogP contribution is 2.50. The summed E-state index contributed by atoms with van der Waals surface area (Å²) in [5.74, 6) is -1.04. The van der Waals surface area contributed by atoms with Crippen molar-refractivity contribution in [3.05, 3.63) is 29.3 Å². The number of benzene rings is 1. The molecule has 0 heterocycles. The zero-order valence-electron chi connectivity index (χ0n) is 8.72. The van der Waals surface area contributed by atoms with Crippen LogP contribution < -0.4 is 4.90 Å². The van der Waals surface area contributed by atoms with Crippen LogP contribution in [0.3, 0.4) is 0 Å². The fraction of sp³-hybridized carbons (Fsp3) is 0.455. The number of anilines is 1. The Hall–Kier alpha value is -1.16. The summed E-state index contributed by atoms with van der Waals surface area (Å²) >= 11 is 0. The first-order valence-electron chi connectivity index (χ1n) is 4.84. The third-order valence-corrected chi connectivity index (χ3v) is 2.71. The predicted octanol–water partition coefficient (Wildman–Crippen LogP) is 2.01. The molecule has 0 aromatic heterocycles. The van der Waals surface area contributed by atoms with Crippen LogP contribution in [0.5, 0.6) is 0 Å². The average molecular weight is 213 g/mol. The molecule has 1 aromatic carbocycles. The van der Waals surface area contributed by atoms with Crippen molar-refractivity contribution < 1.29 is 13.9 Å². The number of hydrogen-bond acceptors (Lipinski definition) is 2. The van der Waals surface area contributed by atoms with Crippen LogP contribution >= 0.6 is 0 Å². The van der Waals surface area contributed by atoms with Gasteiger partial charge in [-0.1, -0.05) is 0 Å². The van der Waals surface area contributed by atoms with Gasteiger partial charge in [-0.3, -0.25) is 0 Å². The van der Waals surface area contributed by atoms with E-state index in [1.807, 2.05) is 0 Å². The third kappa shape index (κ3) is 1.59. The van der Waals surface area contributed by atoms with Gasteiger partial charge in [-0.05, 0) is 25.0 Å². The monoisotopic (exact) mass is 213 g/mol.